The van der Waals surface area contributed by atoms with Crippen molar-refractivity contribution in [2.75, 3.05) is 0 Å². The molecule has 0 aliphatic heterocycles. The summed E-state index contributed by atoms with van der Waals surface area (Å²) in [5, 5.41) is 16.0. The predicted molar refractivity (Wildman–Crippen MR) is 97.3 cm³/mol. The highest BCUT2D eigenvalue weighted by atomic mass is 32.2. The second-order valence-electron chi connectivity index (χ2n) is 5.75. The Balaban J connectivity index is 1.44. The van der Waals surface area contributed by atoms with Crippen LogP contribution in [0.25, 0.3) is 17.0 Å². The predicted octanol–water partition coefficient (Wildman–Crippen LogP) is 4.51. The van der Waals surface area contributed by atoms with Crippen LogP contribution in [-0.4, -0.2) is 31.7 Å². The molecule has 11 heteroatoms. The van der Waals surface area contributed by atoms with Crippen LogP contribution in [0.2, 0.25) is 0 Å². The molecule has 0 aliphatic rings. The molecule has 4 rings (SSSR count). The van der Waals surface area contributed by atoms with Gasteiger partial charge >= 0.3 is 6.36 Å². The molecule has 148 valence electrons. The summed E-state index contributed by atoms with van der Waals surface area (Å²) in [6.45, 7) is 0. The van der Waals surface area contributed by atoms with Crippen LogP contribution < -0.4 is 4.74 Å². The third-order valence-electron chi connectivity index (χ3n) is 3.72. The van der Waals surface area contributed by atoms with E-state index in [0.717, 1.165) is 5.56 Å². The minimum atomic E-state index is -4.74. The molecule has 0 radical (unpaired) electrons. The molecule has 0 saturated heterocycles. The van der Waals surface area contributed by atoms with Gasteiger partial charge in [-0.25, -0.2) is 0 Å². The minimum absolute atomic E-state index is 0.320. The van der Waals surface area contributed by atoms with E-state index in [1.165, 1.54) is 40.7 Å². The van der Waals surface area contributed by atoms with Gasteiger partial charge in [-0.1, -0.05) is 47.3 Å². The van der Waals surface area contributed by atoms with Crippen LogP contribution in [0.3, 0.4) is 0 Å². The van der Waals surface area contributed by atoms with Gasteiger partial charge in [0.1, 0.15) is 5.75 Å². The minimum Gasteiger partial charge on any atom is -0.406 e. The number of ether oxygens (including phenoxy) is 1. The molecule has 0 aliphatic carbocycles. The van der Waals surface area contributed by atoms with Crippen LogP contribution in [-0.2, 0) is 5.75 Å². The van der Waals surface area contributed by atoms with E-state index in [1.807, 2.05) is 36.4 Å². The van der Waals surface area contributed by atoms with E-state index in [-0.39, 0.29) is 5.75 Å². The average molecular weight is 419 g/mol. The maximum Gasteiger partial charge on any atom is 0.573 e. The number of aromatic nitrogens is 5. The number of thioether (sulfide) groups is 1. The number of alkyl halides is 3. The summed E-state index contributed by atoms with van der Waals surface area (Å²) in [5.41, 5.74) is 2.12. The maximum absolute atomic E-state index is 12.3. The Morgan fingerprint density at radius 1 is 1.03 bits per heavy atom. The van der Waals surface area contributed by atoms with Crippen LogP contribution >= 0.6 is 11.8 Å². The molecule has 2 heterocycles. The molecule has 0 N–H and O–H groups in total. The molecule has 0 spiro atoms. The van der Waals surface area contributed by atoms with Gasteiger partial charge in [-0.2, -0.15) is 4.68 Å². The first-order valence-electron chi connectivity index (χ1n) is 8.26. The number of hydrogen-bond donors (Lipinski definition) is 0. The Bertz CT molecular complexity index is 1080. The van der Waals surface area contributed by atoms with Crippen molar-refractivity contribution in [2.45, 2.75) is 17.3 Å². The molecule has 0 amide bonds. The third-order valence-corrected chi connectivity index (χ3v) is 4.68. The summed E-state index contributed by atoms with van der Waals surface area (Å²) in [7, 11) is 0. The van der Waals surface area contributed by atoms with E-state index in [4.69, 9.17) is 4.52 Å². The summed E-state index contributed by atoms with van der Waals surface area (Å²) < 4.78 is 47.5. The van der Waals surface area contributed by atoms with Gasteiger partial charge in [0.15, 0.2) is 5.76 Å². The van der Waals surface area contributed by atoms with Gasteiger partial charge in [0, 0.05) is 17.4 Å². The van der Waals surface area contributed by atoms with Crippen molar-refractivity contribution < 1.29 is 22.4 Å². The molecule has 0 atom stereocenters. The van der Waals surface area contributed by atoms with Crippen LogP contribution in [0.4, 0.5) is 13.2 Å². The summed E-state index contributed by atoms with van der Waals surface area (Å²) in [5.74, 6) is 0.784. The first-order chi connectivity index (χ1) is 14.0. The first kappa shape index (κ1) is 19.0. The molecule has 4 aromatic rings. The number of tetrazole rings is 1. The topological polar surface area (TPSA) is 78.9 Å². The lowest BCUT2D eigenvalue weighted by atomic mass is 10.2. The number of benzene rings is 2. The summed E-state index contributed by atoms with van der Waals surface area (Å²) in [4.78, 5) is 0. The largest absolute Gasteiger partial charge is 0.573 e. The molecular formula is C18H12F3N5O2S. The molecule has 2 aromatic carbocycles. The summed E-state index contributed by atoms with van der Waals surface area (Å²) >= 11 is 1.32. The quantitative estimate of drug-likeness (QED) is 0.426. The average Bonchev–Trinajstić information content (AvgIpc) is 3.36. The van der Waals surface area contributed by atoms with Crippen LogP contribution in [0.1, 0.15) is 5.69 Å². The van der Waals surface area contributed by atoms with Crippen LogP contribution in [0, 0.1) is 0 Å². The zero-order valence-electron chi connectivity index (χ0n) is 14.6. The first-order valence-corrected chi connectivity index (χ1v) is 9.25. The summed E-state index contributed by atoms with van der Waals surface area (Å²) in [6.07, 6.45) is -4.74. The van der Waals surface area contributed by atoms with Crippen molar-refractivity contribution in [3.05, 3.63) is 66.4 Å². The molecule has 29 heavy (non-hydrogen) atoms. The fourth-order valence-electron chi connectivity index (χ4n) is 2.48. The van der Waals surface area contributed by atoms with E-state index in [9.17, 15) is 13.2 Å². The van der Waals surface area contributed by atoms with Gasteiger partial charge in [-0.05, 0) is 34.7 Å². The van der Waals surface area contributed by atoms with Gasteiger partial charge in [-0.15, -0.1) is 18.3 Å². The molecule has 0 saturated carbocycles. The maximum atomic E-state index is 12.3. The van der Waals surface area contributed by atoms with E-state index >= 15 is 0 Å². The fourth-order valence-corrected chi connectivity index (χ4v) is 3.25. The van der Waals surface area contributed by atoms with Crippen molar-refractivity contribution in [3.8, 4) is 22.8 Å². The summed E-state index contributed by atoms with van der Waals surface area (Å²) in [6, 6.07) is 16.7. The van der Waals surface area contributed by atoms with Gasteiger partial charge in [0.2, 0.25) is 5.16 Å². The third kappa shape index (κ3) is 4.74. The van der Waals surface area contributed by atoms with Gasteiger partial charge in [0.05, 0.1) is 11.4 Å². The fraction of sp³-hybridized carbons (Fsp3) is 0.111. The highest BCUT2D eigenvalue weighted by Crippen LogP contribution is 2.27. The van der Waals surface area contributed by atoms with Crippen molar-refractivity contribution in [3.63, 3.8) is 0 Å². The molecular weight excluding hydrogens is 407 g/mol. The molecule has 2 aromatic heterocycles. The van der Waals surface area contributed by atoms with Gasteiger partial charge in [0.25, 0.3) is 0 Å². The van der Waals surface area contributed by atoms with Crippen molar-refractivity contribution in [1.29, 1.82) is 0 Å². The zero-order chi connectivity index (χ0) is 20.3. The van der Waals surface area contributed by atoms with Gasteiger partial charge < -0.3 is 9.26 Å². The number of halogens is 3. The van der Waals surface area contributed by atoms with Crippen molar-refractivity contribution in [1.82, 2.24) is 25.4 Å². The lowest BCUT2D eigenvalue weighted by molar-refractivity contribution is -0.274. The monoisotopic (exact) mass is 419 g/mol. The standard InChI is InChI=1S/C18H12F3N5O2S/c19-18(20,21)27-15-8-6-14(7-9-15)26-17(22-24-25-26)29-11-13-10-16(28-23-13)12-4-2-1-3-5-12/h1-10H,11H2. The molecule has 0 unspecified atom stereocenters. The lowest BCUT2D eigenvalue weighted by Crippen LogP contribution is -2.17. The highest BCUT2D eigenvalue weighted by molar-refractivity contribution is 7.98. The molecule has 7 nitrogen and oxygen atoms in total. The number of hydrogen-bond acceptors (Lipinski definition) is 7. The lowest BCUT2D eigenvalue weighted by Gasteiger charge is -2.09. The van der Waals surface area contributed by atoms with E-state index in [0.29, 0.717) is 28.1 Å². The SMILES string of the molecule is FC(F)(F)Oc1ccc(-n2nnnc2SCc2cc(-c3ccccc3)on2)cc1. The van der Waals surface area contributed by atoms with E-state index in [1.54, 1.807) is 0 Å². The van der Waals surface area contributed by atoms with E-state index in [2.05, 4.69) is 25.4 Å². The smallest absolute Gasteiger partial charge is 0.406 e. The van der Waals surface area contributed by atoms with E-state index < -0.39 is 6.36 Å². The van der Waals surface area contributed by atoms with Crippen LogP contribution in [0.5, 0.6) is 5.75 Å². The van der Waals surface area contributed by atoms with Crippen molar-refractivity contribution in [2.24, 2.45) is 0 Å². The Labute approximate surface area is 166 Å². The normalized spacial score (nSPS) is 11.6. The second-order valence-corrected chi connectivity index (χ2v) is 6.69. The Morgan fingerprint density at radius 3 is 2.52 bits per heavy atom. The number of rotatable bonds is 6. The van der Waals surface area contributed by atoms with Crippen molar-refractivity contribution >= 4 is 11.8 Å². The Morgan fingerprint density at radius 2 is 1.79 bits per heavy atom. The molecule has 0 fully saturated rings. The molecule has 0 bridgehead atoms. The Hall–Kier alpha value is -3.34. The second kappa shape index (κ2) is 7.95. The van der Waals surface area contributed by atoms with Crippen LogP contribution in [0.15, 0.2) is 70.3 Å². The zero-order valence-corrected chi connectivity index (χ0v) is 15.4. The van der Waals surface area contributed by atoms with Gasteiger partial charge in [-0.3, -0.25) is 0 Å². The highest BCUT2D eigenvalue weighted by Gasteiger charge is 2.31. The Kier molecular flexibility index (Phi) is 5.21. The number of nitrogens with zero attached hydrogens (tertiary/aromatic N) is 5.